The highest BCUT2D eigenvalue weighted by atomic mass is 14.7. The highest BCUT2D eigenvalue weighted by Gasteiger charge is 2.04. The van der Waals surface area contributed by atoms with Gasteiger partial charge in [-0.25, -0.2) is 0 Å². The summed E-state index contributed by atoms with van der Waals surface area (Å²) < 4.78 is 0. The van der Waals surface area contributed by atoms with Crippen molar-refractivity contribution < 1.29 is 0 Å². The summed E-state index contributed by atoms with van der Waals surface area (Å²) >= 11 is 0. The van der Waals surface area contributed by atoms with E-state index in [1.54, 1.807) is 0 Å². The smallest absolute Gasteiger partial charge is 0.0774 e. The van der Waals surface area contributed by atoms with Gasteiger partial charge in [0.1, 0.15) is 0 Å². The van der Waals surface area contributed by atoms with Gasteiger partial charge in [-0.2, -0.15) is 0 Å². The van der Waals surface area contributed by atoms with Gasteiger partial charge < -0.3 is 0 Å². The fourth-order valence-corrected chi connectivity index (χ4v) is 2.27. The Hall–Kier alpha value is -2.93. The molecular weight excluding hydrogens is 266 g/mol. The average Bonchev–Trinajstić information content (AvgIpc) is 2.61. The quantitative estimate of drug-likeness (QED) is 0.584. The molecule has 0 aliphatic heterocycles. The summed E-state index contributed by atoms with van der Waals surface area (Å²) in [5.41, 5.74) is 4.36. The van der Waals surface area contributed by atoms with E-state index in [4.69, 9.17) is 4.99 Å². The van der Waals surface area contributed by atoms with Crippen molar-refractivity contribution in [2.24, 2.45) is 4.99 Å². The van der Waals surface area contributed by atoms with Gasteiger partial charge in [0.25, 0.3) is 0 Å². The minimum atomic E-state index is 0.980. The molecule has 3 aromatic carbocycles. The second-order valence-corrected chi connectivity index (χ2v) is 4.94. The summed E-state index contributed by atoms with van der Waals surface area (Å²) in [6.45, 7) is 0. The van der Waals surface area contributed by atoms with Crippen LogP contribution in [0.3, 0.4) is 0 Å². The minimum absolute atomic E-state index is 0.980. The number of benzene rings is 3. The van der Waals surface area contributed by atoms with Crippen LogP contribution in [0.4, 0.5) is 0 Å². The van der Waals surface area contributed by atoms with E-state index in [1.807, 2.05) is 66.9 Å². The van der Waals surface area contributed by atoms with Crippen molar-refractivity contribution in [3.05, 3.63) is 114 Å². The third-order valence-electron chi connectivity index (χ3n) is 3.36. The van der Waals surface area contributed by atoms with Crippen LogP contribution in [0.25, 0.3) is 6.08 Å². The van der Waals surface area contributed by atoms with Gasteiger partial charge >= 0.3 is 0 Å². The zero-order valence-corrected chi connectivity index (χ0v) is 12.3. The van der Waals surface area contributed by atoms with Crippen LogP contribution in [0.15, 0.2) is 102 Å². The number of nitrogens with zero attached hydrogens (tertiary/aromatic N) is 1. The number of hydrogen-bond donors (Lipinski definition) is 0. The number of hydrogen-bond acceptors (Lipinski definition) is 1. The molecule has 0 aliphatic rings. The van der Waals surface area contributed by atoms with Crippen LogP contribution in [0.1, 0.15) is 16.7 Å². The van der Waals surface area contributed by atoms with E-state index in [0.717, 1.165) is 22.4 Å². The Labute approximate surface area is 131 Å². The maximum absolute atomic E-state index is 4.70. The fourth-order valence-electron chi connectivity index (χ4n) is 2.27. The first-order valence-electron chi connectivity index (χ1n) is 7.34. The van der Waals surface area contributed by atoms with Crippen LogP contribution in [0.5, 0.6) is 0 Å². The van der Waals surface area contributed by atoms with Gasteiger partial charge in [0.05, 0.1) is 5.71 Å². The van der Waals surface area contributed by atoms with Gasteiger partial charge in [0, 0.05) is 17.3 Å². The monoisotopic (exact) mass is 283 g/mol. The van der Waals surface area contributed by atoms with Crippen molar-refractivity contribution in [1.29, 1.82) is 0 Å². The molecule has 0 saturated carbocycles. The summed E-state index contributed by atoms with van der Waals surface area (Å²) in [4.78, 5) is 4.70. The van der Waals surface area contributed by atoms with Gasteiger partial charge in [-0.05, 0) is 11.6 Å². The molecule has 1 heteroatoms. The molecule has 22 heavy (non-hydrogen) atoms. The lowest BCUT2D eigenvalue weighted by atomic mass is 10.0. The van der Waals surface area contributed by atoms with Crippen LogP contribution in [0, 0.1) is 0 Å². The van der Waals surface area contributed by atoms with Crippen molar-refractivity contribution >= 4 is 11.8 Å². The predicted molar refractivity (Wildman–Crippen MR) is 94.0 cm³/mol. The number of rotatable bonds is 4. The van der Waals surface area contributed by atoms with E-state index in [-0.39, 0.29) is 0 Å². The zero-order chi connectivity index (χ0) is 15.0. The van der Waals surface area contributed by atoms with Crippen molar-refractivity contribution in [2.45, 2.75) is 0 Å². The molecule has 0 atom stereocenters. The van der Waals surface area contributed by atoms with Gasteiger partial charge in [0.2, 0.25) is 0 Å². The molecule has 0 radical (unpaired) electrons. The summed E-state index contributed by atoms with van der Waals surface area (Å²) in [6.07, 6.45) is 3.89. The highest BCUT2D eigenvalue weighted by Crippen LogP contribution is 2.11. The van der Waals surface area contributed by atoms with Crippen molar-refractivity contribution in [1.82, 2.24) is 0 Å². The Morgan fingerprint density at radius 2 is 1.05 bits per heavy atom. The molecule has 0 heterocycles. The molecule has 0 spiro atoms. The maximum atomic E-state index is 4.70. The molecule has 3 aromatic rings. The topological polar surface area (TPSA) is 12.4 Å². The fraction of sp³-hybridized carbons (Fsp3) is 0. The molecular formula is C21H17N. The second kappa shape index (κ2) is 7.19. The third kappa shape index (κ3) is 3.58. The van der Waals surface area contributed by atoms with Crippen LogP contribution in [0.2, 0.25) is 0 Å². The first-order chi connectivity index (χ1) is 10.9. The van der Waals surface area contributed by atoms with Crippen LogP contribution in [-0.2, 0) is 0 Å². The summed E-state index contributed by atoms with van der Waals surface area (Å²) in [5.74, 6) is 0. The number of aliphatic imine (C=N–C) groups is 1. The lowest BCUT2D eigenvalue weighted by Crippen LogP contribution is -2.02. The van der Waals surface area contributed by atoms with E-state index in [9.17, 15) is 0 Å². The Bertz CT molecular complexity index is 715. The molecule has 3 rings (SSSR count). The molecule has 0 saturated heterocycles. The highest BCUT2D eigenvalue weighted by molar-refractivity contribution is 6.13. The Morgan fingerprint density at radius 1 is 0.591 bits per heavy atom. The SMILES string of the molecule is C(=C\c1ccccc1)/N=C(c1ccccc1)c1ccccc1. The largest absolute Gasteiger partial charge is 0.256 e. The van der Waals surface area contributed by atoms with Crippen LogP contribution < -0.4 is 0 Å². The molecule has 0 fully saturated rings. The van der Waals surface area contributed by atoms with E-state index in [1.165, 1.54) is 0 Å². The zero-order valence-electron chi connectivity index (χ0n) is 12.3. The molecule has 106 valence electrons. The molecule has 0 aliphatic carbocycles. The summed E-state index contributed by atoms with van der Waals surface area (Å²) in [5, 5.41) is 0. The minimum Gasteiger partial charge on any atom is -0.256 e. The molecule has 0 aromatic heterocycles. The van der Waals surface area contributed by atoms with Crippen molar-refractivity contribution in [3.63, 3.8) is 0 Å². The molecule has 0 bridgehead atoms. The van der Waals surface area contributed by atoms with Crippen molar-refractivity contribution in [3.8, 4) is 0 Å². The van der Waals surface area contributed by atoms with Gasteiger partial charge in [-0.3, -0.25) is 4.99 Å². The molecule has 0 unspecified atom stereocenters. The standard InChI is InChI=1S/C21H17N/c1-4-10-18(11-5-1)16-17-22-21(19-12-6-2-7-13-19)20-14-8-3-9-15-20/h1-17H/b17-16+. The van der Waals surface area contributed by atoms with Crippen LogP contribution in [-0.4, -0.2) is 5.71 Å². The maximum Gasteiger partial charge on any atom is 0.0774 e. The Kier molecular flexibility index (Phi) is 4.58. The normalized spacial score (nSPS) is 10.5. The van der Waals surface area contributed by atoms with Crippen LogP contribution >= 0.6 is 0 Å². The molecule has 0 amide bonds. The van der Waals surface area contributed by atoms with E-state index < -0.39 is 0 Å². The third-order valence-corrected chi connectivity index (χ3v) is 3.36. The lowest BCUT2D eigenvalue weighted by Gasteiger charge is -2.05. The summed E-state index contributed by atoms with van der Waals surface area (Å²) in [7, 11) is 0. The first-order valence-corrected chi connectivity index (χ1v) is 7.34. The predicted octanol–water partition coefficient (Wildman–Crippen LogP) is 5.19. The van der Waals surface area contributed by atoms with Gasteiger partial charge in [0.15, 0.2) is 0 Å². The van der Waals surface area contributed by atoms with Gasteiger partial charge in [-0.15, -0.1) is 0 Å². The molecule has 1 nitrogen and oxygen atoms in total. The van der Waals surface area contributed by atoms with E-state index in [0.29, 0.717) is 0 Å². The van der Waals surface area contributed by atoms with Crippen molar-refractivity contribution in [2.75, 3.05) is 0 Å². The van der Waals surface area contributed by atoms with Gasteiger partial charge in [-0.1, -0.05) is 91.0 Å². The lowest BCUT2D eigenvalue weighted by molar-refractivity contribution is 1.50. The molecule has 0 N–H and O–H groups in total. The summed E-state index contributed by atoms with van der Waals surface area (Å²) in [6, 6.07) is 30.7. The average molecular weight is 283 g/mol. The van der Waals surface area contributed by atoms with E-state index >= 15 is 0 Å². The second-order valence-electron chi connectivity index (χ2n) is 4.94. The van der Waals surface area contributed by atoms with E-state index in [2.05, 4.69) is 36.4 Å². The first kappa shape index (κ1) is 14.0. The Balaban J connectivity index is 1.96. The Morgan fingerprint density at radius 3 is 1.55 bits per heavy atom.